The fourth-order valence-electron chi connectivity index (χ4n) is 1.76. The van der Waals surface area contributed by atoms with Crippen LogP contribution in [0, 0.1) is 12.3 Å². The third-order valence-corrected chi connectivity index (χ3v) is 3.23. The normalized spacial score (nSPS) is 11.0. The van der Waals surface area contributed by atoms with E-state index in [1.807, 2.05) is 38.1 Å². The Hall–Kier alpha value is -2.04. The highest BCUT2D eigenvalue weighted by molar-refractivity contribution is 5.93. The molecule has 0 saturated carbocycles. The quantitative estimate of drug-likeness (QED) is 0.870. The summed E-state index contributed by atoms with van der Waals surface area (Å²) in [7, 11) is 0. The van der Waals surface area contributed by atoms with Crippen molar-refractivity contribution in [2.75, 3.05) is 18.0 Å². The van der Waals surface area contributed by atoms with Crippen LogP contribution < -0.4 is 10.2 Å². The molecule has 0 heterocycles. The molecule has 1 aromatic carbocycles. The van der Waals surface area contributed by atoms with E-state index in [0.29, 0.717) is 6.54 Å². The summed E-state index contributed by atoms with van der Waals surface area (Å²) in [4.78, 5) is 24.9. The fraction of sp³-hybridized carbons (Fsp3) is 0.467. The molecule has 1 rings (SSSR count). The van der Waals surface area contributed by atoms with Crippen molar-refractivity contribution in [2.45, 2.75) is 27.7 Å². The Balaban J connectivity index is 2.79. The first-order valence-corrected chi connectivity index (χ1v) is 6.64. The van der Waals surface area contributed by atoms with Crippen molar-refractivity contribution in [1.29, 1.82) is 0 Å². The Morgan fingerprint density at radius 2 is 1.90 bits per heavy atom. The molecule has 2 N–H and O–H groups in total. The predicted octanol–water partition coefficient (Wildman–Crippen LogP) is 2.64. The monoisotopic (exact) mass is 278 g/mol. The number of carbonyl (C=O) groups excluding carboxylic acids is 1. The third-order valence-electron chi connectivity index (χ3n) is 3.23. The van der Waals surface area contributed by atoms with Gasteiger partial charge in [0.15, 0.2) is 0 Å². The van der Waals surface area contributed by atoms with Crippen LogP contribution in [0.4, 0.5) is 10.5 Å². The molecular weight excluding hydrogens is 256 g/mol. The summed E-state index contributed by atoms with van der Waals surface area (Å²) in [5.41, 5.74) is 0.850. The number of hydrogen-bond donors (Lipinski definition) is 2. The average molecular weight is 278 g/mol. The minimum absolute atomic E-state index is 0.0869. The van der Waals surface area contributed by atoms with Gasteiger partial charge in [-0.2, -0.15) is 0 Å². The average Bonchev–Trinajstić information content (AvgIpc) is 2.39. The zero-order valence-corrected chi connectivity index (χ0v) is 12.4. The lowest BCUT2D eigenvalue weighted by Crippen LogP contribution is -2.45. The minimum atomic E-state index is -0.985. The lowest BCUT2D eigenvalue weighted by atomic mass is 9.94. The lowest BCUT2D eigenvalue weighted by molar-refractivity contribution is -0.146. The summed E-state index contributed by atoms with van der Waals surface area (Å²) < 4.78 is 0. The van der Waals surface area contributed by atoms with Gasteiger partial charge in [-0.3, -0.25) is 9.69 Å². The first-order chi connectivity index (χ1) is 9.29. The summed E-state index contributed by atoms with van der Waals surface area (Å²) >= 11 is 0. The van der Waals surface area contributed by atoms with E-state index in [2.05, 4.69) is 5.32 Å². The van der Waals surface area contributed by atoms with Gasteiger partial charge in [0.05, 0.1) is 5.41 Å². The number of carboxylic acid groups (broad SMARTS) is 1. The standard InChI is InChI=1S/C15H22N2O3/c1-5-17(12-9-7-6-8-11(12)2)14(20)16-10-15(3,4)13(18)19/h6-9H,5,10H2,1-4H3,(H,16,20)(H,18,19). The van der Waals surface area contributed by atoms with Crippen LogP contribution in [0.1, 0.15) is 26.3 Å². The van der Waals surface area contributed by atoms with Crippen LogP contribution in [0.15, 0.2) is 24.3 Å². The van der Waals surface area contributed by atoms with Gasteiger partial charge in [-0.25, -0.2) is 4.79 Å². The summed E-state index contributed by atoms with van der Waals surface area (Å²) in [6.45, 7) is 7.59. The van der Waals surface area contributed by atoms with E-state index in [1.165, 1.54) is 0 Å². The van der Waals surface area contributed by atoms with Gasteiger partial charge in [0.1, 0.15) is 0 Å². The maximum atomic E-state index is 12.2. The number of aliphatic carboxylic acids is 1. The van der Waals surface area contributed by atoms with E-state index >= 15 is 0 Å². The summed E-state index contributed by atoms with van der Waals surface area (Å²) in [5, 5.41) is 11.7. The molecule has 110 valence electrons. The second-order valence-electron chi connectivity index (χ2n) is 5.38. The zero-order valence-electron chi connectivity index (χ0n) is 12.4. The van der Waals surface area contributed by atoms with E-state index < -0.39 is 11.4 Å². The van der Waals surface area contributed by atoms with Crippen LogP contribution in [-0.2, 0) is 4.79 Å². The first-order valence-electron chi connectivity index (χ1n) is 6.64. The van der Waals surface area contributed by atoms with Gasteiger partial charge in [-0.15, -0.1) is 0 Å². The van der Waals surface area contributed by atoms with Gasteiger partial charge in [-0.05, 0) is 39.3 Å². The van der Waals surface area contributed by atoms with E-state index in [4.69, 9.17) is 5.11 Å². The molecule has 0 aromatic heterocycles. The molecule has 2 amide bonds. The van der Waals surface area contributed by atoms with Gasteiger partial charge in [0.25, 0.3) is 0 Å². The SMILES string of the molecule is CCN(C(=O)NCC(C)(C)C(=O)O)c1ccccc1C. The first kappa shape index (κ1) is 16.0. The molecule has 0 radical (unpaired) electrons. The summed E-state index contributed by atoms with van der Waals surface area (Å²) in [5.74, 6) is -0.934. The number of anilines is 1. The molecule has 0 saturated heterocycles. The van der Waals surface area contributed by atoms with Crippen LogP contribution in [0.5, 0.6) is 0 Å². The fourth-order valence-corrected chi connectivity index (χ4v) is 1.76. The molecule has 0 aliphatic heterocycles. The molecule has 0 atom stereocenters. The third kappa shape index (κ3) is 3.73. The van der Waals surface area contributed by atoms with Gasteiger partial charge in [0, 0.05) is 18.8 Å². The highest BCUT2D eigenvalue weighted by Crippen LogP contribution is 2.20. The number of urea groups is 1. The number of aryl methyl sites for hydroxylation is 1. The Bertz CT molecular complexity index is 498. The molecule has 0 aliphatic carbocycles. The second-order valence-corrected chi connectivity index (χ2v) is 5.38. The highest BCUT2D eigenvalue weighted by Gasteiger charge is 2.28. The molecule has 0 bridgehead atoms. The maximum absolute atomic E-state index is 12.2. The maximum Gasteiger partial charge on any atom is 0.321 e. The van der Waals surface area contributed by atoms with Gasteiger partial charge >= 0.3 is 12.0 Å². The van der Waals surface area contributed by atoms with Crippen molar-refractivity contribution < 1.29 is 14.7 Å². The van der Waals surface area contributed by atoms with E-state index in [1.54, 1.807) is 18.7 Å². The zero-order chi connectivity index (χ0) is 15.3. The van der Waals surface area contributed by atoms with Crippen LogP contribution in [0.3, 0.4) is 0 Å². The number of nitrogens with one attached hydrogen (secondary N) is 1. The molecule has 0 unspecified atom stereocenters. The van der Waals surface area contributed by atoms with E-state index in [9.17, 15) is 9.59 Å². The van der Waals surface area contributed by atoms with Crippen LogP contribution in [0.25, 0.3) is 0 Å². The molecule has 1 aromatic rings. The molecule has 0 fully saturated rings. The van der Waals surface area contributed by atoms with Crippen LogP contribution in [-0.4, -0.2) is 30.2 Å². The number of carbonyl (C=O) groups is 2. The Morgan fingerprint density at radius 3 is 2.40 bits per heavy atom. The number of benzene rings is 1. The van der Waals surface area contributed by atoms with Gasteiger partial charge in [0.2, 0.25) is 0 Å². The predicted molar refractivity (Wildman–Crippen MR) is 79.0 cm³/mol. The molecule has 20 heavy (non-hydrogen) atoms. The van der Waals surface area contributed by atoms with Crippen molar-refractivity contribution in [3.8, 4) is 0 Å². The van der Waals surface area contributed by atoms with Gasteiger partial charge in [-0.1, -0.05) is 18.2 Å². The number of carboxylic acids is 1. The topological polar surface area (TPSA) is 69.6 Å². The Kier molecular flexibility index (Phi) is 5.13. The summed E-state index contributed by atoms with van der Waals surface area (Å²) in [6, 6.07) is 7.32. The molecular formula is C15H22N2O3. The number of rotatable bonds is 5. The largest absolute Gasteiger partial charge is 0.481 e. The smallest absolute Gasteiger partial charge is 0.321 e. The number of hydrogen-bond acceptors (Lipinski definition) is 2. The number of para-hydroxylation sites is 1. The lowest BCUT2D eigenvalue weighted by Gasteiger charge is -2.26. The van der Waals surface area contributed by atoms with Crippen molar-refractivity contribution >= 4 is 17.7 Å². The Labute approximate surface area is 119 Å². The van der Waals surface area contributed by atoms with Crippen LogP contribution in [0.2, 0.25) is 0 Å². The van der Waals surface area contributed by atoms with Gasteiger partial charge < -0.3 is 10.4 Å². The second kappa shape index (κ2) is 6.41. The van der Waals surface area contributed by atoms with Crippen molar-refractivity contribution in [2.24, 2.45) is 5.41 Å². The highest BCUT2D eigenvalue weighted by atomic mass is 16.4. The Morgan fingerprint density at radius 1 is 1.30 bits per heavy atom. The molecule has 5 nitrogen and oxygen atoms in total. The number of amides is 2. The van der Waals surface area contributed by atoms with Crippen molar-refractivity contribution in [3.05, 3.63) is 29.8 Å². The van der Waals surface area contributed by atoms with Crippen molar-refractivity contribution in [1.82, 2.24) is 5.32 Å². The number of nitrogens with zero attached hydrogens (tertiary/aromatic N) is 1. The van der Waals surface area contributed by atoms with E-state index in [0.717, 1.165) is 11.3 Å². The molecule has 0 spiro atoms. The van der Waals surface area contributed by atoms with E-state index in [-0.39, 0.29) is 12.6 Å². The van der Waals surface area contributed by atoms with Crippen LogP contribution >= 0.6 is 0 Å². The molecule has 0 aliphatic rings. The summed E-state index contributed by atoms with van der Waals surface area (Å²) in [6.07, 6.45) is 0. The molecule has 5 heteroatoms. The minimum Gasteiger partial charge on any atom is -0.481 e. The van der Waals surface area contributed by atoms with Crippen molar-refractivity contribution in [3.63, 3.8) is 0 Å².